The molecule has 0 bridgehead atoms. The zero-order valence-electron chi connectivity index (χ0n) is 15.1. The van der Waals surface area contributed by atoms with E-state index >= 15 is 0 Å². The third-order valence-electron chi connectivity index (χ3n) is 4.22. The summed E-state index contributed by atoms with van der Waals surface area (Å²) in [6.07, 6.45) is -5.04. The summed E-state index contributed by atoms with van der Waals surface area (Å²) in [4.78, 5) is 13.4. The first-order chi connectivity index (χ1) is 11.9. The minimum absolute atomic E-state index is 0.0391. The Kier molecular flexibility index (Phi) is 8.27. The van der Waals surface area contributed by atoms with Crippen LogP contribution >= 0.6 is 0 Å². The zero-order chi connectivity index (χ0) is 20.1. The Bertz CT molecular complexity index is 571. The van der Waals surface area contributed by atoms with E-state index in [2.05, 4.69) is 23.9 Å². The second kappa shape index (κ2) is 9.31. The molecule has 0 radical (unpaired) electrons. The second-order valence-corrected chi connectivity index (χ2v) is 8.59. The Morgan fingerprint density at radius 2 is 1.88 bits per heavy atom. The molecule has 8 nitrogen and oxygen atoms in total. The van der Waals surface area contributed by atoms with Gasteiger partial charge in [-0.25, -0.2) is 13.2 Å². The Labute approximate surface area is 151 Å². The van der Waals surface area contributed by atoms with Gasteiger partial charge in [-0.05, 0) is 21.0 Å². The first kappa shape index (κ1) is 23.1. The maximum atomic E-state index is 12.0. The van der Waals surface area contributed by atoms with Crippen LogP contribution in [0.25, 0.3) is 0 Å². The number of alkyl halides is 3. The van der Waals surface area contributed by atoms with E-state index in [0.717, 1.165) is 19.6 Å². The molecule has 0 unspecified atom stereocenters. The van der Waals surface area contributed by atoms with E-state index < -0.39 is 22.2 Å². The summed E-state index contributed by atoms with van der Waals surface area (Å²) in [6.45, 7) is 6.35. The summed E-state index contributed by atoms with van der Waals surface area (Å²) < 4.78 is 63.0. The molecule has 0 amide bonds. The number of nitrogens with zero attached hydrogens (tertiary/aromatic N) is 3. The highest BCUT2D eigenvalue weighted by molar-refractivity contribution is 7.89. The number of halogens is 3. The fraction of sp³-hybridized carbons (Fsp3) is 0.929. The van der Waals surface area contributed by atoms with E-state index in [1.54, 1.807) is 11.2 Å². The first-order valence-electron chi connectivity index (χ1n) is 8.16. The van der Waals surface area contributed by atoms with Gasteiger partial charge in [0, 0.05) is 32.7 Å². The average Bonchev–Trinajstić information content (AvgIpc) is 2.98. The number of carbonyl (C=O) groups is 1. The second-order valence-electron chi connectivity index (χ2n) is 6.34. The van der Waals surface area contributed by atoms with Crippen LogP contribution in [0, 0.1) is 0 Å². The van der Waals surface area contributed by atoms with Crippen LogP contribution in [0.1, 0.15) is 6.92 Å². The molecule has 1 N–H and O–H groups in total. The van der Waals surface area contributed by atoms with E-state index in [1.807, 2.05) is 0 Å². The fourth-order valence-corrected chi connectivity index (χ4v) is 3.86. The summed E-state index contributed by atoms with van der Waals surface area (Å²) in [5, 5.41) is 7.12. The van der Waals surface area contributed by atoms with Gasteiger partial charge in [-0.2, -0.15) is 17.5 Å². The fourth-order valence-electron chi connectivity index (χ4n) is 2.74. The van der Waals surface area contributed by atoms with Crippen LogP contribution in [0.15, 0.2) is 0 Å². The molecule has 2 aliphatic heterocycles. The number of carboxylic acid groups (broad SMARTS) is 1. The van der Waals surface area contributed by atoms with Crippen LogP contribution in [-0.4, -0.2) is 111 Å². The van der Waals surface area contributed by atoms with Gasteiger partial charge in [-0.3, -0.25) is 4.90 Å². The standard InChI is InChI=1S/C12H25N3O3S.C2HF3O2/c1-4-19(16,17)15-9-11-12(10-15)18-8-7-14(11)6-5-13(2)3;3-2(4,5)1(6)7/h11-12H,4-10H2,1-3H3;(H,6,7)/t11-,12+;/m1./s1. The number of hydrogen-bond donors (Lipinski definition) is 1. The summed E-state index contributed by atoms with van der Waals surface area (Å²) in [5.41, 5.74) is 0. The minimum Gasteiger partial charge on any atom is -0.475 e. The molecule has 0 spiro atoms. The van der Waals surface area contributed by atoms with Gasteiger partial charge in [-0.15, -0.1) is 0 Å². The maximum Gasteiger partial charge on any atom is 0.490 e. The van der Waals surface area contributed by atoms with Crippen LogP contribution in [-0.2, 0) is 19.6 Å². The number of ether oxygens (including phenoxy) is 1. The number of morpholine rings is 1. The minimum atomic E-state index is -5.08. The van der Waals surface area contributed by atoms with Crippen LogP contribution in [0.2, 0.25) is 0 Å². The number of aliphatic carboxylic acids is 1. The Hall–Kier alpha value is -0.950. The first-order valence-corrected chi connectivity index (χ1v) is 9.77. The predicted octanol–water partition coefficient (Wildman–Crippen LogP) is -0.0840. The normalized spacial score (nSPS) is 24.9. The molecule has 26 heavy (non-hydrogen) atoms. The largest absolute Gasteiger partial charge is 0.490 e. The molecule has 0 aromatic rings. The summed E-state index contributed by atoms with van der Waals surface area (Å²) in [5.74, 6) is -2.59. The number of rotatable bonds is 5. The van der Waals surface area contributed by atoms with Crippen molar-refractivity contribution in [1.82, 2.24) is 14.1 Å². The van der Waals surface area contributed by atoms with Crippen LogP contribution in [0.5, 0.6) is 0 Å². The van der Waals surface area contributed by atoms with Gasteiger partial charge < -0.3 is 14.7 Å². The monoisotopic (exact) mass is 405 g/mol. The molecule has 2 saturated heterocycles. The Balaban J connectivity index is 0.000000412. The average molecular weight is 405 g/mol. The van der Waals surface area contributed by atoms with Crippen molar-refractivity contribution in [3.05, 3.63) is 0 Å². The third kappa shape index (κ3) is 6.65. The molecule has 2 atom stereocenters. The number of sulfonamides is 1. The van der Waals surface area contributed by atoms with Crippen molar-refractivity contribution in [2.24, 2.45) is 0 Å². The Morgan fingerprint density at radius 3 is 2.35 bits per heavy atom. The van der Waals surface area contributed by atoms with Gasteiger partial charge >= 0.3 is 12.1 Å². The van der Waals surface area contributed by atoms with Crippen LogP contribution < -0.4 is 0 Å². The predicted molar refractivity (Wildman–Crippen MR) is 88.4 cm³/mol. The van der Waals surface area contributed by atoms with Crippen molar-refractivity contribution in [2.75, 3.05) is 59.2 Å². The molecule has 0 saturated carbocycles. The third-order valence-corrected chi connectivity index (χ3v) is 6.03. The van der Waals surface area contributed by atoms with Gasteiger partial charge in [0.15, 0.2) is 0 Å². The zero-order valence-corrected chi connectivity index (χ0v) is 15.9. The molecule has 0 aliphatic carbocycles. The topological polar surface area (TPSA) is 90.4 Å². The molecule has 2 aliphatic rings. The van der Waals surface area contributed by atoms with E-state index in [9.17, 15) is 21.6 Å². The molecular weight excluding hydrogens is 379 g/mol. The lowest BCUT2D eigenvalue weighted by Crippen LogP contribution is -2.52. The van der Waals surface area contributed by atoms with E-state index in [4.69, 9.17) is 14.6 Å². The quantitative estimate of drug-likeness (QED) is 0.684. The lowest BCUT2D eigenvalue weighted by atomic mass is 10.1. The maximum absolute atomic E-state index is 12.0. The van der Waals surface area contributed by atoms with E-state index in [1.165, 1.54) is 0 Å². The van der Waals surface area contributed by atoms with Crippen molar-refractivity contribution in [1.29, 1.82) is 0 Å². The van der Waals surface area contributed by atoms with Crippen molar-refractivity contribution in [3.63, 3.8) is 0 Å². The van der Waals surface area contributed by atoms with Gasteiger partial charge in [0.1, 0.15) is 0 Å². The SMILES string of the molecule is CCS(=O)(=O)N1C[C@@H]2OCCN(CCN(C)C)[C@@H]2C1.O=C(O)C(F)(F)F. The van der Waals surface area contributed by atoms with Crippen molar-refractivity contribution in [3.8, 4) is 0 Å². The number of hydrogen-bond acceptors (Lipinski definition) is 6. The van der Waals surface area contributed by atoms with Gasteiger partial charge in [0.2, 0.25) is 10.0 Å². The molecule has 154 valence electrons. The molecule has 2 rings (SSSR count). The van der Waals surface area contributed by atoms with Crippen LogP contribution in [0.3, 0.4) is 0 Å². The van der Waals surface area contributed by atoms with Crippen molar-refractivity contribution >= 4 is 16.0 Å². The summed E-state index contributed by atoms with van der Waals surface area (Å²) in [7, 11) is 1.02. The molecule has 0 aromatic heterocycles. The van der Waals surface area contributed by atoms with E-state index in [0.29, 0.717) is 19.7 Å². The van der Waals surface area contributed by atoms with Crippen LogP contribution in [0.4, 0.5) is 13.2 Å². The summed E-state index contributed by atoms with van der Waals surface area (Å²) >= 11 is 0. The lowest BCUT2D eigenvalue weighted by molar-refractivity contribution is -0.192. The summed E-state index contributed by atoms with van der Waals surface area (Å²) in [6, 6.07) is 0.218. The molecule has 2 fully saturated rings. The number of carboxylic acids is 1. The number of fused-ring (bicyclic) bond motifs is 1. The highest BCUT2D eigenvalue weighted by atomic mass is 32.2. The van der Waals surface area contributed by atoms with E-state index in [-0.39, 0.29) is 17.9 Å². The number of likely N-dealkylation sites (N-methyl/N-ethyl adjacent to an activating group) is 1. The lowest BCUT2D eigenvalue weighted by Gasteiger charge is -2.37. The van der Waals surface area contributed by atoms with Gasteiger partial charge in [0.25, 0.3) is 0 Å². The molecule has 0 aromatic carbocycles. The highest BCUT2D eigenvalue weighted by Crippen LogP contribution is 2.24. The van der Waals surface area contributed by atoms with Crippen molar-refractivity contribution in [2.45, 2.75) is 25.2 Å². The van der Waals surface area contributed by atoms with Gasteiger partial charge in [-0.1, -0.05) is 0 Å². The molecule has 2 heterocycles. The highest BCUT2D eigenvalue weighted by Gasteiger charge is 2.43. The molecular formula is C14H26F3N3O5S. The van der Waals surface area contributed by atoms with Gasteiger partial charge in [0.05, 0.1) is 24.5 Å². The smallest absolute Gasteiger partial charge is 0.475 e. The molecule has 12 heteroatoms. The Morgan fingerprint density at radius 1 is 1.31 bits per heavy atom. The van der Waals surface area contributed by atoms with Crippen molar-refractivity contribution < 1.29 is 36.2 Å².